The van der Waals surface area contributed by atoms with Gasteiger partial charge in [0.15, 0.2) is 0 Å². The van der Waals surface area contributed by atoms with Crippen molar-refractivity contribution in [1.29, 1.82) is 0 Å². The van der Waals surface area contributed by atoms with Crippen molar-refractivity contribution in [1.82, 2.24) is 9.78 Å². The van der Waals surface area contributed by atoms with Gasteiger partial charge in [0.2, 0.25) is 0 Å². The Kier molecular flexibility index (Phi) is 4.85. The lowest BCUT2D eigenvalue weighted by molar-refractivity contribution is 0.101. The van der Waals surface area contributed by atoms with Gasteiger partial charge in [-0.15, -0.1) is 0 Å². The molecule has 0 bridgehead atoms. The summed E-state index contributed by atoms with van der Waals surface area (Å²) in [5.74, 6) is 0.735. The number of ether oxygens (including phenoxy) is 2. The van der Waals surface area contributed by atoms with Crippen LogP contribution in [0.4, 0.5) is 5.69 Å². The fraction of sp³-hybridized carbons (Fsp3) is 0.444. The summed E-state index contributed by atoms with van der Waals surface area (Å²) in [4.78, 5) is 12.6. The Morgan fingerprint density at radius 1 is 1.42 bits per heavy atom. The molecule has 1 N–H and O–H groups in total. The van der Waals surface area contributed by atoms with Gasteiger partial charge in [-0.3, -0.25) is 9.48 Å². The van der Waals surface area contributed by atoms with Crippen LogP contribution in [0.1, 0.15) is 42.4 Å². The average molecular weight is 329 g/mol. The van der Waals surface area contributed by atoms with E-state index in [0.29, 0.717) is 30.3 Å². The topological polar surface area (TPSA) is 65.4 Å². The zero-order valence-electron chi connectivity index (χ0n) is 14.3. The SMILES string of the molecule is CC(C)c1cc(C(=O)Nc2ccccc2O[C@H]2CCOC2)n(C)n1. The van der Waals surface area contributed by atoms with Crippen molar-refractivity contribution in [2.45, 2.75) is 32.3 Å². The molecular weight excluding hydrogens is 306 g/mol. The summed E-state index contributed by atoms with van der Waals surface area (Å²) in [5.41, 5.74) is 2.08. The number of para-hydroxylation sites is 2. The Morgan fingerprint density at radius 2 is 2.21 bits per heavy atom. The van der Waals surface area contributed by atoms with E-state index in [9.17, 15) is 4.79 Å². The third kappa shape index (κ3) is 3.59. The quantitative estimate of drug-likeness (QED) is 0.916. The van der Waals surface area contributed by atoms with E-state index in [1.54, 1.807) is 11.7 Å². The largest absolute Gasteiger partial charge is 0.486 e. The van der Waals surface area contributed by atoms with Crippen molar-refractivity contribution < 1.29 is 14.3 Å². The van der Waals surface area contributed by atoms with Gasteiger partial charge in [-0.2, -0.15) is 5.10 Å². The van der Waals surface area contributed by atoms with Crippen LogP contribution < -0.4 is 10.1 Å². The monoisotopic (exact) mass is 329 g/mol. The van der Waals surface area contributed by atoms with Crippen LogP contribution >= 0.6 is 0 Å². The highest BCUT2D eigenvalue weighted by Gasteiger charge is 2.20. The number of hydrogen-bond acceptors (Lipinski definition) is 4. The van der Waals surface area contributed by atoms with Crippen molar-refractivity contribution in [2.24, 2.45) is 7.05 Å². The number of aromatic nitrogens is 2. The summed E-state index contributed by atoms with van der Waals surface area (Å²) in [6.07, 6.45) is 0.897. The third-order valence-electron chi connectivity index (χ3n) is 4.04. The van der Waals surface area contributed by atoms with E-state index in [0.717, 1.165) is 12.1 Å². The number of carbonyl (C=O) groups is 1. The molecule has 128 valence electrons. The molecule has 1 fully saturated rings. The zero-order valence-corrected chi connectivity index (χ0v) is 14.3. The van der Waals surface area contributed by atoms with Gasteiger partial charge in [0.05, 0.1) is 24.6 Å². The molecule has 1 saturated heterocycles. The Bertz CT molecular complexity index is 718. The molecule has 0 saturated carbocycles. The minimum absolute atomic E-state index is 0.0345. The molecule has 0 aliphatic carbocycles. The van der Waals surface area contributed by atoms with Crippen LogP contribution in [-0.4, -0.2) is 35.0 Å². The first-order valence-electron chi connectivity index (χ1n) is 8.23. The lowest BCUT2D eigenvalue weighted by Crippen LogP contribution is -2.19. The number of carbonyl (C=O) groups excluding carboxylic acids is 1. The van der Waals surface area contributed by atoms with Crippen LogP contribution in [0.15, 0.2) is 30.3 Å². The van der Waals surface area contributed by atoms with Crippen LogP contribution in [-0.2, 0) is 11.8 Å². The van der Waals surface area contributed by atoms with Crippen LogP contribution in [0.25, 0.3) is 0 Å². The number of aryl methyl sites for hydroxylation is 1. The van der Waals surface area contributed by atoms with Gasteiger partial charge in [0.1, 0.15) is 17.5 Å². The van der Waals surface area contributed by atoms with Gasteiger partial charge in [0.25, 0.3) is 5.91 Å². The molecule has 2 heterocycles. The van der Waals surface area contributed by atoms with E-state index in [2.05, 4.69) is 24.3 Å². The lowest BCUT2D eigenvalue weighted by atomic mass is 10.1. The maximum absolute atomic E-state index is 12.6. The van der Waals surface area contributed by atoms with Gasteiger partial charge in [0, 0.05) is 13.5 Å². The van der Waals surface area contributed by atoms with Crippen molar-refractivity contribution in [3.8, 4) is 5.75 Å². The van der Waals surface area contributed by atoms with E-state index in [-0.39, 0.29) is 17.9 Å². The molecule has 0 radical (unpaired) electrons. The molecule has 0 unspecified atom stereocenters. The van der Waals surface area contributed by atoms with E-state index >= 15 is 0 Å². The summed E-state index contributed by atoms with van der Waals surface area (Å²) < 4.78 is 12.9. The minimum Gasteiger partial charge on any atom is -0.486 e. The summed E-state index contributed by atoms with van der Waals surface area (Å²) in [6, 6.07) is 9.28. The second kappa shape index (κ2) is 7.05. The Balaban J connectivity index is 1.77. The smallest absolute Gasteiger partial charge is 0.274 e. The maximum Gasteiger partial charge on any atom is 0.274 e. The highest BCUT2D eigenvalue weighted by molar-refractivity contribution is 6.04. The number of anilines is 1. The molecule has 1 aliphatic rings. The van der Waals surface area contributed by atoms with Gasteiger partial charge in [-0.05, 0) is 24.1 Å². The highest BCUT2D eigenvalue weighted by atomic mass is 16.5. The molecule has 6 nitrogen and oxygen atoms in total. The Labute approximate surface area is 141 Å². The molecule has 1 aromatic heterocycles. The first-order valence-corrected chi connectivity index (χ1v) is 8.23. The van der Waals surface area contributed by atoms with Crippen molar-refractivity contribution in [3.05, 3.63) is 41.7 Å². The fourth-order valence-corrected chi connectivity index (χ4v) is 2.63. The Hall–Kier alpha value is -2.34. The predicted molar refractivity (Wildman–Crippen MR) is 91.5 cm³/mol. The number of amides is 1. The predicted octanol–water partition coefficient (Wildman–Crippen LogP) is 2.96. The van der Waals surface area contributed by atoms with Crippen molar-refractivity contribution in [3.63, 3.8) is 0 Å². The molecule has 0 spiro atoms. The van der Waals surface area contributed by atoms with E-state index in [1.807, 2.05) is 30.3 Å². The molecule has 3 rings (SSSR count). The van der Waals surface area contributed by atoms with Crippen molar-refractivity contribution >= 4 is 11.6 Å². The number of nitrogens with zero attached hydrogens (tertiary/aromatic N) is 2. The third-order valence-corrected chi connectivity index (χ3v) is 4.04. The van der Waals surface area contributed by atoms with E-state index in [1.165, 1.54) is 0 Å². The van der Waals surface area contributed by atoms with Crippen LogP contribution in [0.5, 0.6) is 5.75 Å². The average Bonchev–Trinajstić information content (AvgIpc) is 3.18. The normalized spacial score (nSPS) is 17.2. The number of rotatable bonds is 5. The van der Waals surface area contributed by atoms with E-state index in [4.69, 9.17) is 9.47 Å². The molecule has 1 atom stereocenters. The van der Waals surface area contributed by atoms with E-state index < -0.39 is 0 Å². The number of hydrogen-bond donors (Lipinski definition) is 1. The van der Waals surface area contributed by atoms with Gasteiger partial charge in [-0.1, -0.05) is 26.0 Å². The fourth-order valence-electron chi connectivity index (χ4n) is 2.63. The lowest BCUT2D eigenvalue weighted by Gasteiger charge is -2.16. The summed E-state index contributed by atoms with van der Waals surface area (Å²) in [5, 5.41) is 7.31. The summed E-state index contributed by atoms with van der Waals surface area (Å²) in [6.45, 7) is 5.40. The molecule has 6 heteroatoms. The van der Waals surface area contributed by atoms with Gasteiger partial charge >= 0.3 is 0 Å². The summed E-state index contributed by atoms with van der Waals surface area (Å²) in [7, 11) is 1.78. The standard InChI is InChI=1S/C18H23N3O3/c1-12(2)15-10-16(21(3)20-15)18(22)19-14-6-4-5-7-17(14)24-13-8-9-23-11-13/h4-7,10,12-13H,8-9,11H2,1-3H3,(H,19,22)/t13-/m0/s1. The number of nitrogens with one attached hydrogen (secondary N) is 1. The second-order valence-electron chi connectivity index (χ2n) is 6.29. The van der Waals surface area contributed by atoms with Gasteiger partial charge < -0.3 is 14.8 Å². The van der Waals surface area contributed by atoms with Crippen molar-refractivity contribution in [2.75, 3.05) is 18.5 Å². The van der Waals surface area contributed by atoms with Crippen LogP contribution in [0, 0.1) is 0 Å². The first kappa shape index (κ1) is 16.5. The molecule has 24 heavy (non-hydrogen) atoms. The highest BCUT2D eigenvalue weighted by Crippen LogP contribution is 2.27. The Morgan fingerprint density at radius 3 is 2.88 bits per heavy atom. The molecule has 2 aromatic rings. The molecule has 1 aliphatic heterocycles. The number of benzene rings is 1. The van der Waals surface area contributed by atoms with Gasteiger partial charge in [-0.25, -0.2) is 0 Å². The summed E-state index contributed by atoms with van der Waals surface area (Å²) >= 11 is 0. The zero-order chi connectivity index (χ0) is 17.1. The first-order chi connectivity index (χ1) is 11.5. The molecule has 1 amide bonds. The minimum atomic E-state index is -0.198. The molecular formula is C18H23N3O3. The second-order valence-corrected chi connectivity index (χ2v) is 6.29. The maximum atomic E-state index is 12.6. The molecule has 1 aromatic carbocycles. The van der Waals surface area contributed by atoms with Crippen LogP contribution in [0.3, 0.4) is 0 Å². The van der Waals surface area contributed by atoms with Crippen LogP contribution in [0.2, 0.25) is 0 Å².